The SMILES string of the molecule is CCC(=O)O[C@H]1[C@@H](O)[C@](C#N)(c2ccc3c(N)ncnn23)O[C@@H]1COC(=O)[C@@H](C)C(C)C. The van der Waals surface area contributed by atoms with Crippen molar-refractivity contribution >= 4 is 23.3 Å². The maximum atomic E-state index is 12.3. The highest BCUT2D eigenvalue weighted by molar-refractivity contribution is 5.72. The minimum atomic E-state index is -1.95. The largest absolute Gasteiger partial charge is 0.463 e. The van der Waals surface area contributed by atoms with E-state index in [1.54, 1.807) is 19.9 Å². The number of hydrogen-bond donors (Lipinski definition) is 2. The molecule has 2 aromatic rings. The summed E-state index contributed by atoms with van der Waals surface area (Å²) in [5.41, 5.74) is 4.51. The lowest BCUT2D eigenvalue weighted by Crippen LogP contribution is -2.43. The number of fused-ring (bicyclic) bond motifs is 1. The van der Waals surface area contributed by atoms with E-state index >= 15 is 0 Å². The predicted octanol–water partition coefficient (Wildman–Crippen LogP) is 0.947. The van der Waals surface area contributed by atoms with Gasteiger partial charge in [-0.2, -0.15) is 10.4 Å². The Balaban J connectivity index is 1.97. The summed E-state index contributed by atoms with van der Waals surface area (Å²) in [7, 11) is 0. The number of aliphatic hydroxyl groups is 1. The molecule has 11 nitrogen and oxygen atoms in total. The Morgan fingerprint density at radius 1 is 1.41 bits per heavy atom. The number of carbonyl (C=O) groups excluding carboxylic acids is 2. The van der Waals surface area contributed by atoms with Gasteiger partial charge in [0.1, 0.15) is 36.7 Å². The van der Waals surface area contributed by atoms with Crippen LogP contribution in [0.5, 0.6) is 0 Å². The zero-order valence-electron chi connectivity index (χ0n) is 18.4. The summed E-state index contributed by atoms with van der Waals surface area (Å²) < 4.78 is 18.1. The van der Waals surface area contributed by atoms with Gasteiger partial charge in [0.05, 0.1) is 11.6 Å². The van der Waals surface area contributed by atoms with Crippen LogP contribution in [0.3, 0.4) is 0 Å². The van der Waals surface area contributed by atoms with Crippen molar-refractivity contribution in [3.8, 4) is 6.07 Å². The summed E-state index contributed by atoms with van der Waals surface area (Å²) in [4.78, 5) is 28.3. The molecule has 32 heavy (non-hydrogen) atoms. The van der Waals surface area contributed by atoms with Crippen molar-refractivity contribution in [3.63, 3.8) is 0 Å². The average Bonchev–Trinajstić information content (AvgIpc) is 3.32. The molecule has 11 heteroatoms. The summed E-state index contributed by atoms with van der Waals surface area (Å²) in [6.45, 7) is 6.81. The van der Waals surface area contributed by atoms with Crippen LogP contribution < -0.4 is 5.73 Å². The fraction of sp³-hybridized carbons (Fsp3) is 0.571. The Bertz CT molecular complexity index is 1050. The number of ether oxygens (including phenoxy) is 3. The Morgan fingerprint density at radius 3 is 2.75 bits per heavy atom. The number of esters is 2. The Kier molecular flexibility index (Phi) is 6.66. The number of rotatable bonds is 7. The van der Waals surface area contributed by atoms with Gasteiger partial charge in [-0.1, -0.05) is 27.7 Å². The van der Waals surface area contributed by atoms with Crippen LogP contribution in [-0.4, -0.2) is 56.6 Å². The molecule has 3 rings (SSSR count). The second-order valence-electron chi connectivity index (χ2n) is 8.08. The number of anilines is 1. The molecule has 0 saturated carbocycles. The molecule has 5 atom stereocenters. The molecule has 0 unspecified atom stereocenters. The van der Waals surface area contributed by atoms with Crippen molar-refractivity contribution in [1.82, 2.24) is 14.6 Å². The maximum absolute atomic E-state index is 12.3. The van der Waals surface area contributed by atoms with E-state index in [0.717, 1.165) is 0 Å². The molecule has 0 spiro atoms. The van der Waals surface area contributed by atoms with Crippen molar-refractivity contribution in [1.29, 1.82) is 5.26 Å². The molecule has 0 amide bonds. The van der Waals surface area contributed by atoms with Gasteiger partial charge >= 0.3 is 11.9 Å². The van der Waals surface area contributed by atoms with Gasteiger partial charge in [0, 0.05) is 6.42 Å². The van der Waals surface area contributed by atoms with Gasteiger partial charge in [0.25, 0.3) is 0 Å². The molecule has 1 aliphatic rings. The van der Waals surface area contributed by atoms with Crippen molar-refractivity contribution < 1.29 is 28.9 Å². The molecule has 3 heterocycles. The molecule has 0 aromatic carbocycles. The minimum Gasteiger partial charge on any atom is -0.463 e. The van der Waals surface area contributed by atoms with Gasteiger partial charge in [-0.3, -0.25) is 9.59 Å². The number of aromatic nitrogens is 3. The normalized spacial score (nSPS) is 26.1. The molecule has 0 radical (unpaired) electrons. The molecule has 2 aromatic heterocycles. The zero-order valence-corrected chi connectivity index (χ0v) is 18.4. The van der Waals surface area contributed by atoms with Crippen molar-refractivity contribution in [2.24, 2.45) is 11.8 Å². The van der Waals surface area contributed by atoms with E-state index < -0.39 is 35.9 Å². The first-order valence-electron chi connectivity index (χ1n) is 10.4. The molecular weight excluding hydrogens is 418 g/mol. The quantitative estimate of drug-likeness (QED) is 0.587. The van der Waals surface area contributed by atoms with Crippen molar-refractivity contribution in [2.45, 2.75) is 58.0 Å². The van der Waals surface area contributed by atoms with Crippen molar-refractivity contribution in [3.05, 3.63) is 24.2 Å². The second-order valence-corrected chi connectivity index (χ2v) is 8.08. The third kappa shape index (κ3) is 3.99. The summed E-state index contributed by atoms with van der Waals surface area (Å²) in [5.74, 6) is -1.18. The second kappa shape index (κ2) is 9.10. The number of nitrogens with zero attached hydrogens (tertiary/aromatic N) is 4. The Labute approximate surface area is 185 Å². The van der Waals surface area contributed by atoms with E-state index in [1.807, 2.05) is 19.9 Å². The molecule has 1 fully saturated rings. The topological polar surface area (TPSA) is 162 Å². The lowest BCUT2D eigenvalue weighted by Gasteiger charge is -2.24. The minimum absolute atomic E-state index is 0.0531. The summed E-state index contributed by atoms with van der Waals surface area (Å²) in [6, 6.07) is 5.11. The molecular formula is C21H27N5O6. The first kappa shape index (κ1) is 23.4. The Morgan fingerprint density at radius 2 is 2.12 bits per heavy atom. The first-order valence-corrected chi connectivity index (χ1v) is 10.4. The fourth-order valence-corrected chi connectivity index (χ4v) is 3.48. The third-order valence-corrected chi connectivity index (χ3v) is 5.78. The van der Waals surface area contributed by atoms with E-state index in [2.05, 4.69) is 10.1 Å². The van der Waals surface area contributed by atoms with Gasteiger partial charge in [-0.05, 0) is 18.1 Å². The van der Waals surface area contributed by atoms with Crippen LogP contribution in [0.4, 0.5) is 5.82 Å². The van der Waals surface area contributed by atoms with Crippen LogP contribution in [0, 0.1) is 23.2 Å². The van der Waals surface area contributed by atoms with E-state index in [9.17, 15) is 20.0 Å². The van der Waals surface area contributed by atoms with E-state index in [1.165, 1.54) is 16.9 Å². The van der Waals surface area contributed by atoms with Crippen LogP contribution in [-0.2, 0) is 29.4 Å². The highest BCUT2D eigenvalue weighted by Crippen LogP contribution is 2.42. The predicted molar refractivity (Wildman–Crippen MR) is 111 cm³/mol. The smallest absolute Gasteiger partial charge is 0.309 e. The average molecular weight is 445 g/mol. The Hall–Kier alpha value is -3.23. The van der Waals surface area contributed by atoms with Crippen LogP contribution in [0.2, 0.25) is 0 Å². The zero-order chi connectivity index (χ0) is 23.6. The highest BCUT2D eigenvalue weighted by Gasteiger charge is 2.60. The number of aliphatic hydroxyl groups excluding tert-OH is 1. The lowest BCUT2D eigenvalue weighted by atomic mass is 9.92. The van der Waals surface area contributed by atoms with Crippen LogP contribution in [0.1, 0.15) is 39.8 Å². The van der Waals surface area contributed by atoms with E-state index in [-0.39, 0.29) is 36.4 Å². The van der Waals surface area contributed by atoms with E-state index in [4.69, 9.17) is 19.9 Å². The number of nitriles is 1. The maximum Gasteiger partial charge on any atom is 0.309 e. The lowest BCUT2D eigenvalue weighted by molar-refractivity contribution is -0.162. The molecule has 0 aliphatic carbocycles. The van der Waals surface area contributed by atoms with Crippen LogP contribution in [0.25, 0.3) is 5.52 Å². The van der Waals surface area contributed by atoms with Gasteiger partial charge in [0.2, 0.25) is 5.60 Å². The highest BCUT2D eigenvalue weighted by atomic mass is 16.6. The molecule has 172 valence electrons. The van der Waals surface area contributed by atoms with Crippen LogP contribution >= 0.6 is 0 Å². The number of hydrogen-bond acceptors (Lipinski definition) is 10. The van der Waals surface area contributed by atoms with Gasteiger partial charge in [0.15, 0.2) is 11.9 Å². The number of nitrogen functional groups attached to an aromatic ring is 1. The number of nitrogens with two attached hydrogens (primary N) is 1. The summed E-state index contributed by atoms with van der Waals surface area (Å²) >= 11 is 0. The molecule has 1 aliphatic heterocycles. The monoisotopic (exact) mass is 445 g/mol. The van der Waals surface area contributed by atoms with Gasteiger partial charge in [-0.15, -0.1) is 0 Å². The summed E-state index contributed by atoms with van der Waals surface area (Å²) in [6.07, 6.45) is -2.64. The standard InChI is InChI=1S/C21H27N5O6/c1-5-16(27)31-17-14(8-30-20(29)12(4)11(2)3)32-21(9-22,18(17)28)15-7-6-13-19(23)24-10-25-26(13)15/h6-7,10-12,14,17-18,28H,5,8H2,1-4H3,(H2,23,24,25)/t12-,14+,17+,18+,21-/m0/s1. The molecule has 0 bridgehead atoms. The van der Waals surface area contributed by atoms with Gasteiger partial charge in [-0.25, -0.2) is 9.50 Å². The molecule has 1 saturated heterocycles. The fourth-order valence-electron chi connectivity index (χ4n) is 3.48. The van der Waals surface area contributed by atoms with Crippen molar-refractivity contribution in [2.75, 3.05) is 12.3 Å². The van der Waals surface area contributed by atoms with E-state index in [0.29, 0.717) is 5.52 Å². The summed E-state index contributed by atoms with van der Waals surface area (Å²) in [5, 5.41) is 25.3. The van der Waals surface area contributed by atoms with Crippen LogP contribution in [0.15, 0.2) is 18.5 Å². The number of carbonyl (C=O) groups is 2. The first-order chi connectivity index (χ1) is 15.2. The third-order valence-electron chi connectivity index (χ3n) is 5.78. The van der Waals surface area contributed by atoms with Gasteiger partial charge < -0.3 is 25.1 Å². The molecule has 3 N–H and O–H groups in total.